The van der Waals surface area contributed by atoms with Crippen LogP contribution in [0.15, 0.2) is 18.2 Å². The van der Waals surface area contributed by atoms with Crippen LogP contribution in [0.4, 0.5) is 0 Å². The van der Waals surface area contributed by atoms with Crippen LogP contribution < -0.4 is 10.5 Å². The summed E-state index contributed by atoms with van der Waals surface area (Å²) >= 11 is 0. The molecule has 1 fully saturated rings. The van der Waals surface area contributed by atoms with Crippen LogP contribution in [-0.2, 0) is 17.8 Å². The highest BCUT2D eigenvalue weighted by Crippen LogP contribution is 2.30. The Hall–Kier alpha value is -1.06. The number of nitrogens with two attached hydrogens (primary N) is 1. The molecule has 1 aromatic carbocycles. The Balaban J connectivity index is 2.05. The number of rotatable bonds is 7. The van der Waals surface area contributed by atoms with Gasteiger partial charge in [0, 0.05) is 7.11 Å². The summed E-state index contributed by atoms with van der Waals surface area (Å²) in [5.41, 5.74) is 8.01. The molecular formula is C14H21NO2. The van der Waals surface area contributed by atoms with Crippen molar-refractivity contribution in [2.45, 2.75) is 25.9 Å². The van der Waals surface area contributed by atoms with E-state index < -0.39 is 0 Å². The van der Waals surface area contributed by atoms with Crippen molar-refractivity contribution in [1.29, 1.82) is 0 Å². The smallest absolute Gasteiger partial charge is 0.122 e. The second kappa shape index (κ2) is 6.03. The van der Waals surface area contributed by atoms with Gasteiger partial charge in [0.25, 0.3) is 0 Å². The first-order chi connectivity index (χ1) is 8.33. The van der Waals surface area contributed by atoms with Crippen LogP contribution in [0.5, 0.6) is 5.75 Å². The van der Waals surface area contributed by atoms with Crippen molar-refractivity contribution >= 4 is 0 Å². The molecule has 1 aliphatic carbocycles. The molecule has 0 radical (unpaired) electrons. The van der Waals surface area contributed by atoms with E-state index >= 15 is 0 Å². The van der Waals surface area contributed by atoms with Gasteiger partial charge in [-0.2, -0.15) is 0 Å². The largest absolute Gasteiger partial charge is 0.493 e. The number of hydrogen-bond acceptors (Lipinski definition) is 3. The second-order valence-electron chi connectivity index (χ2n) is 4.67. The zero-order valence-electron chi connectivity index (χ0n) is 10.4. The van der Waals surface area contributed by atoms with Gasteiger partial charge in [-0.3, -0.25) is 0 Å². The molecule has 1 aromatic rings. The minimum absolute atomic E-state index is 0.639. The molecule has 0 unspecified atom stereocenters. The fourth-order valence-electron chi connectivity index (χ4n) is 1.87. The molecule has 0 atom stereocenters. The van der Waals surface area contributed by atoms with E-state index in [0.29, 0.717) is 13.2 Å². The molecule has 0 saturated heterocycles. The van der Waals surface area contributed by atoms with Crippen molar-refractivity contribution in [3.63, 3.8) is 0 Å². The number of ether oxygens (including phenoxy) is 2. The monoisotopic (exact) mass is 235 g/mol. The maximum absolute atomic E-state index is 5.85. The van der Waals surface area contributed by atoms with Crippen LogP contribution >= 0.6 is 0 Å². The molecule has 1 saturated carbocycles. The summed E-state index contributed by atoms with van der Waals surface area (Å²) in [5.74, 6) is 1.77. The molecule has 3 nitrogen and oxygen atoms in total. The second-order valence-corrected chi connectivity index (χ2v) is 4.67. The average Bonchev–Trinajstić information content (AvgIpc) is 3.13. The lowest BCUT2D eigenvalue weighted by atomic mass is 10.1. The van der Waals surface area contributed by atoms with Gasteiger partial charge in [-0.1, -0.05) is 6.07 Å². The Kier molecular flexibility index (Phi) is 4.40. The molecule has 2 N–H and O–H groups in total. The number of benzene rings is 1. The Bertz CT molecular complexity index is 361. The first-order valence-corrected chi connectivity index (χ1v) is 6.27. The SMILES string of the molecule is COCc1ccc(OCC2CC2)c(CCN)c1. The topological polar surface area (TPSA) is 44.5 Å². The first kappa shape index (κ1) is 12.4. The lowest BCUT2D eigenvalue weighted by molar-refractivity contribution is 0.184. The highest BCUT2D eigenvalue weighted by Gasteiger charge is 2.22. The van der Waals surface area contributed by atoms with Crippen molar-refractivity contribution in [2.24, 2.45) is 11.7 Å². The molecule has 0 amide bonds. The van der Waals surface area contributed by atoms with Crippen LogP contribution in [0.25, 0.3) is 0 Å². The van der Waals surface area contributed by atoms with Gasteiger partial charge in [0.05, 0.1) is 13.2 Å². The van der Waals surface area contributed by atoms with E-state index in [1.807, 2.05) is 6.07 Å². The third-order valence-corrected chi connectivity index (χ3v) is 3.02. The summed E-state index contributed by atoms with van der Waals surface area (Å²) < 4.78 is 11.0. The first-order valence-electron chi connectivity index (χ1n) is 6.27. The fraction of sp³-hybridized carbons (Fsp3) is 0.571. The van der Waals surface area contributed by atoms with Gasteiger partial charge >= 0.3 is 0 Å². The summed E-state index contributed by atoms with van der Waals surface area (Å²) in [6.07, 6.45) is 3.49. The van der Waals surface area contributed by atoms with Crippen LogP contribution in [0.1, 0.15) is 24.0 Å². The third-order valence-electron chi connectivity index (χ3n) is 3.02. The zero-order valence-corrected chi connectivity index (χ0v) is 10.4. The third kappa shape index (κ3) is 3.72. The fourth-order valence-corrected chi connectivity index (χ4v) is 1.87. The summed E-state index contributed by atoms with van der Waals surface area (Å²) in [5, 5.41) is 0. The number of hydrogen-bond donors (Lipinski definition) is 1. The van der Waals surface area contributed by atoms with Gasteiger partial charge in [-0.05, 0) is 55.0 Å². The van der Waals surface area contributed by atoms with Gasteiger partial charge in [0.15, 0.2) is 0 Å². The van der Waals surface area contributed by atoms with Gasteiger partial charge in [-0.25, -0.2) is 0 Å². The zero-order chi connectivity index (χ0) is 12.1. The van der Waals surface area contributed by atoms with Crippen molar-refractivity contribution in [1.82, 2.24) is 0 Å². The predicted octanol–water partition coefficient (Wildman–Crippen LogP) is 2.12. The summed E-state index contributed by atoms with van der Waals surface area (Å²) in [7, 11) is 1.71. The summed E-state index contributed by atoms with van der Waals surface area (Å²) in [6, 6.07) is 6.24. The van der Waals surface area contributed by atoms with Gasteiger partial charge in [-0.15, -0.1) is 0 Å². The van der Waals surface area contributed by atoms with Crippen LogP contribution in [0.2, 0.25) is 0 Å². The highest BCUT2D eigenvalue weighted by molar-refractivity contribution is 5.37. The molecular weight excluding hydrogens is 214 g/mol. The Morgan fingerprint density at radius 2 is 2.18 bits per heavy atom. The van der Waals surface area contributed by atoms with E-state index in [1.165, 1.54) is 24.0 Å². The van der Waals surface area contributed by atoms with Crippen LogP contribution in [0.3, 0.4) is 0 Å². The molecule has 94 valence electrons. The van der Waals surface area contributed by atoms with E-state index in [9.17, 15) is 0 Å². The molecule has 1 aliphatic rings. The summed E-state index contributed by atoms with van der Waals surface area (Å²) in [4.78, 5) is 0. The Morgan fingerprint density at radius 1 is 1.35 bits per heavy atom. The van der Waals surface area contributed by atoms with E-state index in [-0.39, 0.29) is 0 Å². The lowest BCUT2D eigenvalue weighted by Crippen LogP contribution is -2.07. The average molecular weight is 235 g/mol. The molecule has 2 rings (SSSR count). The quantitative estimate of drug-likeness (QED) is 0.787. The van der Waals surface area contributed by atoms with Crippen molar-refractivity contribution in [3.05, 3.63) is 29.3 Å². The molecule has 3 heteroatoms. The minimum atomic E-state index is 0.639. The van der Waals surface area contributed by atoms with Gasteiger partial charge < -0.3 is 15.2 Å². The predicted molar refractivity (Wildman–Crippen MR) is 68.1 cm³/mol. The van der Waals surface area contributed by atoms with E-state index in [4.69, 9.17) is 15.2 Å². The maximum atomic E-state index is 5.85. The molecule has 0 spiro atoms. The molecule has 0 heterocycles. The van der Waals surface area contributed by atoms with Crippen molar-refractivity contribution in [2.75, 3.05) is 20.3 Å². The van der Waals surface area contributed by atoms with E-state index in [2.05, 4.69) is 12.1 Å². The van der Waals surface area contributed by atoms with Gasteiger partial charge in [0.2, 0.25) is 0 Å². The molecule has 0 bridgehead atoms. The summed E-state index contributed by atoms with van der Waals surface area (Å²) in [6.45, 7) is 2.14. The molecule has 0 aromatic heterocycles. The maximum Gasteiger partial charge on any atom is 0.122 e. The molecule has 0 aliphatic heterocycles. The van der Waals surface area contributed by atoms with Crippen LogP contribution in [-0.4, -0.2) is 20.3 Å². The van der Waals surface area contributed by atoms with Crippen LogP contribution in [0, 0.1) is 5.92 Å². The van der Waals surface area contributed by atoms with Crippen molar-refractivity contribution in [3.8, 4) is 5.75 Å². The van der Waals surface area contributed by atoms with E-state index in [1.54, 1.807) is 7.11 Å². The molecule has 17 heavy (non-hydrogen) atoms. The minimum Gasteiger partial charge on any atom is -0.493 e. The normalized spacial score (nSPS) is 14.9. The highest BCUT2D eigenvalue weighted by atomic mass is 16.5. The Labute approximate surface area is 103 Å². The van der Waals surface area contributed by atoms with Gasteiger partial charge in [0.1, 0.15) is 5.75 Å². The van der Waals surface area contributed by atoms with Crippen molar-refractivity contribution < 1.29 is 9.47 Å². The standard InChI is InChI=1S/C14H21NO2/c1-16-9-12-4-5-14(13(8-12)6-7-15)17-10-11-2-3-11/h4-5,8,11H,2-3,6-7,9-10,15H2,1H3. The lowest BCUT2D eigenvalue weighted by Gasteiger charge is -2.12. The Morgan fingerprint density at radius 3 is 2.82 bits per heavy atom. The number of methoxy groups -OCH3 is 1. The van der Waals surface area contributed by atoms with E-state index in [0.717, 1.165) is 24.7 Å².